The minimum atomic E-state index is -1.21. The molecule has 1 aliphatic rings. The van der Waals surface area contributed by atoms with Gasteiger partial charge in [-0.1, -0.05) is 24.6 Å². The van der Waals surface area contributed by atoms with E-state index in [4.69, 9.17) is 11.6 Å². The fraction of sp³-hybridized carbons (Fsp3) is 0.533. The van der Waals surface area contributed by atoms with Crippen LogP contribution in [0.3, 0.4) is 0 Å². The average Bonchev–Trinajstić information content (AvgIpc) is 2.37. The van der Waals surface area contributed by atoms with E-state index in [0.717, 1.165) is 12.8 Å². The highest BCUT2D eigenvalue weighted by atomic mass is 35.5. The molecule has 0 aromatic heterocycles. The topological polar surface area (TPSA) is 37.3 Å². The molecule has 1 saturated carbocycles. The van der Waals surface area contributed by atoms with Crippen molar-refractivity contribution in [1.29, 1.82) is 0 Å². The average molecular weight is 285 g/mol. The van der Waals surface area contributed by atoms with Crippen molar-refractivity contribution in [1.82, 2.24) is 0 Å². The van der Waals surface area contributed by atoms with Crippen molar-refractivity contribution in [3.63, 3.8) is 0 Å². The second-order valence-electron chi connectivity index (χ2n) is 5.56. The van der Waals surface area contributed by atoms with Gasteiger partial charge in [-0.3, -0.25) is 4.79 Å². The number of hydrogen-bond acceptors (Lipinski definition) is 2. The summed E-state index contributed by atoms with van der Waals surface area (Å²) in [4.78, 5) is 12.2. The van der Waals surface area contributed by atoms with E-state index in [-0.39, 0.29) is 17.2 Å². The Balaban J connectivity index is 2.06. The lowest BCUT2D eigenvalue weighted by Gasteiger charge is -2.33. The van der Waals surface area contributed by atoms with E-state index in [2.05, 4.69) is 6.92 Å². The van der Waals surface area contributed by atoms with Crippen molar-refractivity contribution in [3.05, 3.63) is 34.6 Å². The SMILES string of the molecule is CC1CCC(O)(C(=O)Cc2ccc(F)c(Cl)c2)CC1. The van der Waals surface area contributed by atoms with E-state index >= 15 is 0 Å². The highest BCUT2D eigenvalue weighted by molar-refractivity contribution is 6.30. The van der Waals surface area contributed by atoms with Crippen LogP contribution in [-0.2, 0) is 11.2 Å². The van der Waals surface area contributed by atoms with Crippen molar-refractivity contribution in [2.24, 2.45) is 5.92 Å². The summed E-state index contributed by atoms with van der Waals surface area (Å²) >= 11 is 5.69. The molecule has 2 nitrogen and oxygen atoms in total. The third-order valence-corrected chi connectivity index (χ3v) is 4.26. The number of halogens is 2. The summed E-state index contributed by atoms with van der Waals surface area (Å²) in [5, 5.41) is 10.4. The van der Waals surface area contributed by atoms with Gasteiger partial charge in [-0.05, 0) is 49.3 Å². The summed E-state index contributed by atoms with van der Waals surface area (Å²) in [5.74, 6) is -0.126. The number of rotatable bonds is 3. The number of Topliss-reactive ketones (excluding diaryl/α,β-unsaturated/α-hetero) is 1. The van der Waals surface area contributed by atoms with Crippen LogP contribution in [0.4, 0.5) is 4.39 Å². The van der Waals surface area contributed by atoms with Gasteiger partial charge in [0.25, 0.3) is 0 Å². The molecule has 0 atom stereocenters. The van der Waals surface area contributed by atoms with Crippen molar-refractivity contribution < 1.29 is 14.3 Å². The Bertz CT molecular complexity index is 479. The molecule has 0 aliphatic heterocycles. The normalized spacial score (nSPS) is 27.3. The zero-order chi connectivity index (χ0) is 14.0. The smallest absolute Gasteiger partial charge is 0.168 e. The Morgan fingerprint density at radius 2 is 2.11 bits per heavy atom. The van der Waals surface area contributed by atoms with Crippen LogP contribution >= 0.6 is 11.6 Å². The third kappa shape index (κ3) is 3.34. The Morgan fingerprint density at radius 3 is 2.68 bits per heavy atom. The van der Waals surface area contributed by atoms with Crippen LogP contribution in [0, 0.1) is 11.7 Å². The molecule has 0 amide bonds. The third-order valence-electron chi connectivity index (χ3n) is 3.97. The van der Waals surface area contributed by atoms with Crippen LogP contribution in [0.1, 0.15) is 38.2 Å². The van der Waals surface area contributed by atoms with Crippen LogP contribution in [0.2, 0.25) is 5.02 Å². The fourth-order valence-corrected chi connectivity index (χ4v) is 2.72. The van der Waals surface area contributed by atoms with Gasteiger partial charge in [-0.2, -0.15) is 0 Å². The largest absolute Gasteiger partial charge is 0.382 e. The van der Waals surface area contributed by atoms with Gasteiger partial charge in [0.1, 0.15) is 11.4 Å². The number of benzene rings is 1. The predicted octanol–water partition coefficient (Wildman–Crippen LogP) is 3.53. The zero-order valence-corrected chi connectivity index (χ0v) is 11.7. The molecule has 0 saturated heterocycles. The van der Waals surface area contributed by atoms with Gasteiger partial charge in [0.05, 0.1) is 5.02 Å². The second-order valence-corrected chi connectivity index (χ2v) is 5.97. The summed E-state index contributed by atoms with van der Waals surface area (Å²) in [6, 6.07) is 4.23. The molecule has 0 radical (unpaired) electrons. The predicted molar refractivity (Wildman–Crippen MR) is 72.7 cm³/mol. The molecular formula is C15H18ClFO2. The summed E-state index contributed by atoms with van der Waals surface area (Å²) in [6.45, 7) is 2.13. The van der Waals surface area contributed by atoms with E-state index in [9.17, 15) is 14.3 Å². The van der Waals surface area contributed by atoms with Crippen molar-refractivity contribution in [3.8, 4) is 0 Å². The maximum absolute atomic E-state index is 13.0. The first-order valence-corrected chi connectivity index (χ1v) is 6.98. The number of ketones is 1. The molecule has 0 heterocycles. The molecule has 0 unspecified atom stereocenters. The summed E-state index contributed by atoms with van der Waals surface area (Å²) in [7, 11) is 0. The van der Waals surface area contributed by atoms with Gasteiger partial charge in [0, 0.05) is 6.42 Å². The molecule has 4 heteroatoms. The zero-order valence-electron chi connectivity index (χ0n) is 11.0. The fourth-order valence-electron chi connectivity index (χ4n) is 2.52. The molecule has 1 aliphatic carbocycles. The van der Waals surface area contributed by atoms with E-state index in [1.165, 1.54) is 18.2 Å². The number of aliphatic hydroxyl groups is 1. The van der Waals surface area contributed by atoms with Crippen LogP contribution in [0.15, 0.2) is 18.2 Å². The van der Waals surface area contributed by atoms with Gasteiger partial charge in [-0.25, -0.2) is 4.39 Å². The van der Waals surface area contributed by atoms with Crippen molar-refractivity contribution in [2.75, 3.05) is 0 Å². The Labute approximate surface area is 117 Å². The van der Waals surface area contributed by atoms with Gasteiger partial charge in [-0.15, -0.1) is 0 Å². The maximum Gasteiger partial charge on any atom is 0.168 e. The number of carbonyl (C=O) groups excluding carboxylic acids is 1. The van der Waals surface area contributed by atoms with Crippen LogP contribution in [-0.4, -0.2) is 16.5 Å². The lowest BCUT2D eigenvalue weighted by molar-refractivity contribution is -0.140. The van der Waals surface area contributed by atoms with Crippen molar-refractivity contribution >= 4 is 17.4 Å². The number of carbonyl (C=O) groups is 1. The first-order valence-electron chi connectivity index (χ1n) is 6.60. The maximum atomic E-state index is 13.0. The molecule has 1 aromatic rings. The standard InChI is InChI=1S/C15H18ClFO2/c1-10-4-6-15(19,7-5-10)14(18)9-11-2-3-13(17)12(16)8-11/h2-3,8,10,19H,4-7,9H2,1H3. The van der Waals surface area contributed by atoms with Gasteiger partial charge in [0.2, 0.25) is 0 Å². The van der Waals surface area contributed by atoms with E-state index in [0.29, 0.717) is 24.3 Å². The molecule has 0 spiro atoms. The molecule has 1 aromatic carbocycles. The molecular weight excluding hydrogens is 267 g/mol. The second kappa shape index (κ2) is 5.59. The Morgan fingerprint density at radius 1 is 1.47 bits per heavy atom. The molecule has 2 rings (SSSR count). The lowest BCUT2D eigenvalue weighted by Crippen LogP contribution is -2.42. The Kier molecular flexibility index (Phi) is 4.26. The molecule has 104 valence electrons. The highest BCUT2D eigenvalue weighted by Gasteiger charge is 2.38. The monoisotopic (exact) mass is 284 g/mol. The highest BCUT2D eigenvalue weighted by Crippen LogP contribution is 2.33. The van der Waals surface area contributed by atoms with Crippen LogP contribution in [0.25, 0.3) is 0 Å². The summed E-state index contributed by atoms with van der Waals surface area (Å²) in [6.07, 6.45) is 2.87. The van der Waals surface area contributed by atoms with E-state index in [1.807, 2.05) is 0 Å². The minimum absolute atomic E-state index is 0.00885. The van der Waals surface area contributed by atoms with E-state index < -0.39 is 11.4 Å². The van der Waals surface area contributed by atoms with Gasteiger partial charge in [0.15, 0.2) is 5.78 Å². The first-order chi connectivity index (χ1) is 8.90. The quantitative estimate of drug-likeness (QED) is 0.922. The Hall–Kier alpha value is -0.930. The minimum Gasteiger partial charge on any atom is -0.382 e. The van der Waals surface area contributed by atoms with Crippen LogP contribution in [0.5, 0.6) is 0 Å². The first kappa shape index (κ1) is 14.5. The molecule has 0 bridgehead atoms. The number of hydrogen-bond donors (Lipinski definition) is 1. The molecule has 1 N–H and O–H groups in total. The summed E-state index contributed by atoms with van der Waals surface area (Å²) < 4.78 is 13.0. The molecule has 19 heavy (non-hydrogen) atoms. The summed E-state index contributed by atoms with van der Waals surface area (Å²) in [5.41, 5.74) is -0.573. The van der Waals surface area contributed by atoms with Crippen LogP contribution < -0.4 is 0 Å². The van der Waals surface area contributed by atoms with E-state index in [1.54, 1.807) is 0 Å². The van der Waals surface area contributed by atoms with Crippen molar-refractivity contribution in [2.45, 2.75) is 44.6 Å². The van der Waals surface area contributed by atoms with Gasteiger partial charge < -0.3 is 5.11 Å². The lowest BCUT2D eigenvalue weighted by atomic mass is 9.76. The van der Waals surface area contributed by atoms with Gasteiger partial charge >= 0.3 is 0 Å². The molecule has 1 fully saturated rings.